The highest BCUT2D eigenvalue weighted by Gasteiger charge is 2.36. The number of carbonyl (C=O) groups is 2. The quantitative estimate of drug-likeness (QED) is 0.794. The van der Waals surface area contributed by atoms with Crippen molar-refractivity contribution in [3.8, 4) is 5.75 Å². The van der Waals surface area contributed by atoms with E-state index in [-0.39, 0.29) is 12.0 Å². The van der Waals surface area contributed by atoms with E-state index in [0.717, 1.165) is 31.2 Å². The van der Waals surface area contributed by atoms with Gasteiger partial charge in [-0.3, -0.25) is 9.59 Å². The van der Waals surface area contributed by atoms with Gasteiger partial charge in [0.05, 0.1) is 7.11 Å². The lowest BCUT2D eigenvalue weighted by Crippen LogP contribution is -2.47. The third kappa shape index (κ3) is 5.11. The monoisotopic (exact) mass is 358 g/mol. The molecule has 2 amide bonds. The number of methoxy groups -OCH3 is 1. The van der Waals surface area contributed by atoms with Crippen LogP contribution in [0.3, 0.4) is 0 Å². The fourth-order valence-electron chi connectivity index (χ4n) is 3.15. The Morgan fingerprint density at radius 1 is 1.08 bits per heavy atom. The summed E-state index contributed by atoms with van der Waals surface area (Å²) < 4.78 is 41.4. The SMILES string of the molecule is COc1ccc(C2(CNC(=O)C(=O)NCC(F)(F)F)CCCC2)cc1. The lowest BCUT2D eigenvalue weighted by atomic mass is 9.78. The van der Waals surface area contributed by atoms with E-state index in [2.05, 4.69) is 5.32 Å². The van der Waals surface area contributed by atoms with Crippen LogP contribution in [-0.4, -0.2) is 38.2 Å². The standard InChI is InChI=1S/C17H21F3N2O3/c1-25-13-6-4-12(5-7-13)16(8-2-3-9-16)10-21-14(23)15(24)22-11-17(18,19)20/h4-7H,2-3,8-11H2,1H3,(H,21,23)(H,22,24). The molecule has 0 unspecified atom stereocenters. The maximum atomic E-state index is 12.1. The Morgan fingerprint density at radius 2 is 1.64 bits per heavy atom. The molecule has 1 aliphatic carbocycles. The molecule has 0 bridgehead atoms. The van der Waals surface area contributed by atoms with E-state index in [1.54, 1.807) is 12.4 Å². The first-order valence-corrected chi connectivity index (χ1v) is 8.03. The number of ether oxygens (including phenoxy) is 1. The van der Waals surface area contributed by atoms with Gasteiger partial charge < -0.3 is 15.4 Å². The summed E-state index contributed by atoms with van der Waals surface area (Å²) in [5.41, 5.74) is 0.702. The molecule has 5 nitrogen and oxygen atoms in total. The van der Waals surface area contributed by atoms with Crippen LogP contribution in [0.1, 0.15) is 31.2 Å². The summed E-state index contributed by atoms with van der Waals surface area (Å²) in [4.78, 5) is 23.3. The zero-order valence-corrected chi connectivity index (χ0v) is 13.9. The van der Waals surface area contributed by atoms with Gasteiger partial charge >= 0.3 is 18.0 Å². The fourth-order valence-corrected chi connectivity index (χ4v) is 3.15. The number of hydrogen-bond acceptors (Lipinski definition) is 3. The maximum absolute atomic E-state index is 12.1. The van der Waals surface area contributed by atoms with E-state index in [1.807, 2.05) is 24.3 Å². The molecule has 0 aliphatic heterocycles. The Bertz CT molecular complexity index is 609. The molecule has 1 aliphatic rings. The van der Waals surface area contributed by atoms with Crippen LogP contribution in [0.25, 0.3) is 0 Å². The molecule has 0 heterocycles. The summed E-state index contributed by atoms with van der Waals surface area (Å²) in [5, 5.41) is 4.05. The van der Waals surface area contributed by atoms with Gasteiger partial charge in [-0.2, -0.15) is 13.2 Å². The number of halogens is 3. The van der Waals surface area contributed by atoms with Crippen molar-refractivity contribution in [1.82, 2.24) is 10.6 Å². The Balaban J connectivity index is 1.99. The van der Waals surface area contributed by atoms with Gasteiger partial charge in [0.2, 0.25) is 0 Å². The number of benzene rings is 1. The average molecular weight is 358 g/mol. The molecule has 1 aromatic carbocycles. The summed E-state index contributed by atoms with van der Waals surface area (Å²) >= 11 is 0. The molecule has 138 valence electrons. The van der Waals surface area contributed by atoms with Gasteiger partial charge in [0.25, 0.3) is 0 Å². The van der Waals surface area contributed by atoms with E-state index < -0.39 is 24.5 Å². The van der Waals surface area contributed by atoms with Crippen molar-refractivity contribution in [1.29, 1.82) is 0 Å². The van der Waals surface area contributed by atoms with Crippen molar-refractivity contribution >= 4 is 11.8 Å². The van der Waals surface area contributed by atoms with Gasteiger partial charge in [0.15, 0.2) is 0 Å². The van der Waals surface area contributed by atoms with E-state index in [1.165, 1.54) is 0 Å². The Hall–Kier alpha value is -2.25. The molecular formula is C17H21F3N2O3. The van der Waals surface area contributed by atoms with Crippen molar-refractivity contribution in [2.45, 2.75) is 37.3 Å². The lowest BCUT2D eigenvalue weighted by molar-refractivity contribution is -0.146. The largest absolute Gasteiger partial charge is 0.497 e. The molecule has 0 aromatic heterocycles. The molecule has 1 fully saturated rings. The third-order valence-corrected chi connectivity index (χ3v) is 4.51. The fraction of sp³-hybridized carbons (Fsp3) is 0.529. The maximum Gasteiger partial charge on any atom is 0.405 e. The van der Waals surface area contributed by atoms with E-state index in [9.17, 15) is 22.8 Å². The molecule has 1 aromatic rings. The summed E-state index contributed by atoms with van der Waals surface area (Å²) in [6, 6.07) is 7.49. The van der Waals surface area contributed by atoms with Crippen molar-refractivity contribution in [3.63, 3.8) is 0 Å². The van der Waals surface area contributed by atoms with Crippen molar-refractivity contribution in [2.24, 2.45) is 0 Å². The van der Waals surface area contributed by atoms with Crippen LogP contribution in [0.5, 0.6) is 5.75 Å². The predicted octanol–water partition coefficient (Wildman–Crippen LogP) is 2.30. The molecular weight excluding hydrogens is 337 g/mol. The second-order valence-corrected chi connectivity index (χ2v) is 6.20. The first-order valence-electron chi connectivity index (χ1n) is 8.03. The van der Waals surface area contributed by atoms with Crippen molar-refractivity contribution in [2.75, 3.05) is 20.2 Å². The number of rotatable bonds is 5. The first kappa shape index (κ1) is 19.1. The van der Waals surface area contributed by atoms with Gasteiger partial charge in [-0.05, 0) is 30.5 Å². The second-order valence-electron chi connectivity index (χ2n) is 6.20. The summed E-state index contributed by atoms with van der Waals surface area (Å²) in [6.07, 6.45) is -0.899. The predicted molar refractivity (Wildman–Crippen MR) is 85.2 cm³/mol. The van der Waals surface area contributed by atoms with Gasteiger partial charge in [0, 0.05) is 12.0 Å². The molecule has 0 radical (unpaired) electrons. The first-order chi connectivity index (χ1) is 11.8. The zero-order chi connectivity index (χ0) is 18.5. The molecule has 8 heteroatoms. The average Bonchev–Trinajstić information content (AvgIpc) is 3.07. The summed E-state index contributed by atoms with van der Waals surface area (Å²) in [5.74, 6) is -1.61. The Kier molecular flexibility index (Phi) is 5.92. The number of hydrogen-bond donors (Lipinski definition) is 2. The van der Waals surface area contributed by atoms with E-state index in [0.29, 0.717) is 5.75 Å². The van der Waals surface area contributed by atoms with Crippen molar-refractivity contribution < 1.29 is 27.5 Å². The molecule has 0 spiro atoms. The van der Waals surface area contributed by atoms with Crippen LogP contribution in [0.15, 0.2) is 24.3 Å². The highest BCUT2D eigenvalue weighted by molar-refractivity contribution is 6.35. The molecule has 0 saturated heterocycles. The third-order valence-electron chi connectivity index (χ3n) is 4.51. The summed E-state index contributed by atoms with van der Waals surface area (Å²) in [7, 11) is 1.57. The Labute approximate surface area is 143 Å². The van der Waals surface area contributed by atoms with Crippen LogP contribution in [0.4, 0.5) is 13.2 Å². The number of amides is 2. The summed E-state index contributed by atoms with van der Waals surface area (Å²) in [6.45, 7) is -1.32. The van der Waals surface area contributed by atoms with Crippen LogP contribution in [0.2, 0.25) is 0 Å². The van der Waals surface area contributed by atoms with E-state index in [4.69, 9.17) is 4.74 Å². The number of carbonyl (C=O) groups excluding carboxylic acids is 2. The minimum Gasteiger partial charge on any atom is -0.497 e. The van der Waals surface area contributed by atoms with Gasteiger partial charge in [0.1, 0.15) is 12.3 Å². The van der Waals surface area contributed by atoms with Gasteiger partial charge in [-0.1, -0.05) is 25.0 Å². The van der Waals surface area contributed by atoms with Crippen LogP contribution >= 0.6 is 0 Å². The second kappa shape index (κ2) is 7.76. The molecule has 0 atom stereocenters. The highest BCUT2D eigenvalue weighted by atomic mass is 19.4. The lowest BCUT2D eigenvalue weighted by Gasteiger charge is -2.30. The minimum atomic E-state index is -4.55. The molecule has 25 heavy (non-hydrogen) atoms. The zero-order valence-electron chi connectivity index (χ0n) is 13.9. The minimum absolute atomic E-state index is 0.206. The molecule has 2 N–H and O–H groups in total. The Morgan fingerprint density at radius 3 is 2.16 bits per heavy atom. The van der Waals surface area contributed by atoms with Gasteiger partial charge in [-0.15, -0.1) is 0 Å². The van der Waals surface area contributed by atoms with E-state index >= 15 is 0 Å². The van der Waals surface area contributed by atoms with Crippen molar-refractivity contribution in [3.05, 3.63) is 29.8 Å². The van der Waals surface area contributed by atoms with Crippen LogP contribution < -0.4 is 15.4 Å². The smallest absolute Gasteiger partial charge is 0.405 e. The number of nitrogens with one attached hydrogen (secondary N) is 2. The molecule has 2 rings (SSSR count). The molecule has 1 saturated carbocycles. The topological polar surface area (TPSA) is 67.4 Å². The van der Waals surface area contributed by atoms with Gasteiger partial charge in [-0.25, -0.2) is 0 Å². The van der Waals surface area contributed by atoms with Crippen LogP contribution in [-0.2, 0) is 15.0 Å². The highest BCUT2D eigenvalue weighted by Crippen LogP contribution is 2.41. The normalized spacial score (nSPS) is 16.3. The van der Waals surface area contributed by atoms with Crippen LogP contribution in [0, 0.1) is 0 Å². The number of alkyl halides is 3.